The summed E-state index contributed by atoms with van der Waals surface area (Å²) in [7, 11) is 0. The van der Waals surface area contributed by atoms with E-state index in [9.17, 15) is 0 Å². The first-order valence-electron chi connectivity index (χ1n) is 23.9. The molecule has 0 bridgehead atoms. The third-order valence-electron chi connectivity index (χ3n) is 14.1. The number of furan rings is 1. The van der Waals surface area contributed by atoms with Crippen molar-refractivity contribution in [2.75, 3.05) is 4.90 Å². The molecule has 0 aliphatic rings. The van der Waals surface area contributed by atoms with E-state index in [1.807, 2.05) is 12.1 Å². The second kappa shape index (κ2) is 16.2. The van der Waals surface area contributed by atoms with Gasteiger partial charge in [0.15, 0.2) is 0 Å². The zero-order valence-corrected chi connectivity index (χ0v) is 38.1. The van der Waals surface area contributed by atoms with E-state index < -0.39 is 0 Å². The topological polar surface area (TPSA) is 26.2 Å². The van der Waals surface area contributed by atoms with E-state index in [1.54, 1.807) is 0 Å². The molecule has 0 atom stereocenters. The summed E-state index contributed by atoms with van der Waals surface area (Å²) >= 11 is 0. The van der Waals surface area contributed by atoms with Crippen LogP contribution in [0.2, 0.25) is 0 Å². The van der Waals surface area contributed by atoms with Gasteiger partial charge in [0.05, 0.1) is 22.1 Å². The van der Waals surface area contributed by atoms with E-state index in [4.69, 9.17) is 4.42 Å². The Kier molecular flexibility index (Phi) is 9.17. The van der Waals surface area contributed by atoms with Crippen molar-refractivity contribution in [3.05, 3.63) is 261 Å². The molecule has 0 N–H and O–H groups in total. The van der Waals surface area contributed by atoms with Crippen LogP contribution in [-0.4, -0.2) is 9.13 Å². The molecular weight excluding hydrogens is 851 g/mol. The van der Waals surface area contributed by atoms with Crippen LogP contribution >= 0.6 is 0 Å². The third-order valence-corrected chi connectivity index (χ3v) is 14.1. The van der Waals surface area contributed by atoms with Crippen molar-refractivity contribution in [2.24, 2.45) is 0 Å². The summed E-state index contributed by atoms with van der Waals surface area (Å²) in [6.07, 6.45) is 0. The fourth-order valence-corrected chi connectivity index (χ4v) is 10.8. The standard InChI is InChI=1S/C66H43N3O/c1-4-14-50(15-5-1)67(54-35-39-66-60(43-54)56-21-11-13-23-65(56)70-66)53-33-28-45(29-34-53)44-24-26-46(27-25-44)47-30-36-63-58(40-47)59-42-49(32-38-64(59)69(63)52-18-8-3-9-19-52)48-31-37-62-57(41-48)55-20-10-12-22-61(55)68(62)51-16-6-2-7-17-51/h1-43H. The molecule has 0 aliphatic carbocycles. The monoisotopic (exact) mass is 893 g/mol. The second-order valence-electron chi connectivity index (χ2n) is 18.1. The van der Waals surface area contributed by atoms with Crippen molar-refractivity contribution in [3.63, 3.8) is 0 Å². The fraction of sp³-hybridized carbons (Fsp3) is 0. The van der Waals surface area contributed by atoms with Crippen molar-refractivity contribution in [2.45, 2.75) is 0 Å². The van der Waals surface area contributed by atoms with Crippen molar-refractivity contribution < 1.29 is 4.42 Å². The molecule has 3 aromatic heterocycles. The lowest BCUT2D eigenvalue weighted by Gasteiger charge is -2.25. The molecule has 0 aliphatic heterocycles. The zero-order valence-electron chi connectivity index (χ0n) is 38.1. The summed E-state index contributed by atoms with van der Waals surface area (Å²) in [4.78, 5) is 2.31. The van der Waals surface area contributed by atoms with Gasteiger partial charge in [-0.2, -0.15) is 0 Å². The number of hydrogen-bond donors (Lipinski definition) is 0. The quantitative estimate of drug-likeness (QED) is 0.152. The van der Waals surface area contributed by atoms with Crippen LogP contribution in [0.1, 0.15) is 0 Å². The normalized spacial score (nSPS) is 11.7. The van der Waals surface area contributed by atoms with E-state index >= 15 is 0 Å². The van der Waals surface area contributed by atoms with E-state index in [0.29, 0.717) is 0 Å². The zero-order chi connectivity index (χ0) is 46.1. The van der Waals surface area contributed by atoms with Gasteiger partial charge in [-0.15, -0.1) is 0 Å². The van der Waals surface area contributed by atoms with E-state index in [0.717, 1.165) is 55.9 Å². The van der Waals surface area contributed by atoms with Crippen LogP contribution in [0.25, 0.3) is 110 Å². The largest absolute Gasteiger partial charge is 0.456 e. The van der Waals surface area contributed by atoms with Gasteiger partial charge in [-0.25, -0.2) is 0 Å². The molecular formula is C66H43N3O. The molecule has 0 saturated heterocycles. The SMILES string of the molecule is c1ccc(N(c2ccc(-c3ccc(-c4ccc5c(c4)c4cc(-c6ccc7c(c6)c6ccccc6n7-c6ccccc6)ccc4n5-c4ccccc4)cc3)cc2)c2ccc3oc4ccccc4c3c2)cc1. The van der Waals surface area contributed by atoms with Gasteiger partial charge in [-0.1, -0.05) is 146 Å². The Morgan fingerprint density at radius 1 is 0.243 bits per heavy atom. The number of nitrogens with zero attached hydrogens (tertiary/aromatic N) is 3. The molecule has 4 nitrogen and oxygen atoms in total. The van der Waals surface area contributed by atoms with Crippen LogP contribution in [0, 0.1) is 0 Å². The van der Waals surface area contributed by atoms with E-state index in [-0.39, 0.29) is 0 Å². The van der Waals surface area contributed by atoms with Gasteiger partial charge in [-0.05, 0) is 149 Å². The van der Waals surface area contributed by atoms with Crippen LogP contribution in [0.5, 0.6) is 0 Å². The van der Waals surface area contributed by atoms with Crippen LogP contribution in [0.15, 0.2) is 265 Å². The van der Waals surface area contributed by atoms with E-state index in [1.165, 1.54) is 71.4 Å². The maximum absolute atomic E-state index is 6.18. The Bertz CT molecular complexity index is 4260. The highest BCUT2D eigenvalue weighted by molar-refractivity contribution is 6.13. The molecule has 0 amide bonds. The number of rotatable bonds is 8. The summed E-state index contributed by atoms with van der Waals surface area (Å²) in [5.74, 6) is 0. The number of aromatic nitrogens is 2. The van der Waals surface area contributed by atoms with Crippen LogP contribution in [0.3, 0.4) is 0 Å². The molecule has 328 valence electrons. The smallest absolute Gasteiger partial charge is 0.135 e. The van der Waals surface area contributed by atoms with Crippen molar-refractivity contribution >= 4 is 82.6 Å². The Balaban J connectivity index is 0.820. The highest BCUT2D eigenvalue weighted by Crippen LogP contribution is 2.42. The molecule has 14 aromatic rings. The first kappa shape index (κ1) is 39.8. The average molecular weight is 894 g/mol. The molecule has 0 saturated carbocycles. The lowest BCUT2D eigenvalue weighted by Crippen LogP contribution is -2.09. The summed E-state index contributed by atoms with van der Waals surface area (Å²) in [5.41, 5.74) is 19.2. The predicted octanol–water partition coefficient (Wildman–Crippen LogP) is 18.3. The Morgan fingerprint density at radius 3 is 1.21 bits per heavy atom. The molecule has 0 fully saturated rings. The molecule has 0 unspecified atom stereocenters. The summed E-state index contributed by atoms with van der Waals surface area (Å²) < 4.78 is 11.0. The first-order valence-corrected chi connectivity index (χ1v) is 23.9. The Hall–Kier alpha value is -9.38. The molecule has 3 heterocycles. The molecule has 70 heavy (non-hydrogen) atoms. The second-order valence-corrected chi connectivity index (χ2v) is 18.1. The lowest BCUT2D eigenvalue weighted by atomic mass is 9.98. The summed E-state index contributed by atoms with van der Waals surface area (Å²) in [5, 5.41) is 7.17. The maximum atomic E-state index is 6.18. The number of benzene rings is 11. The third kappa shape index (κ3) is 6.53. The van der Waals surface area contributed by atoms with Gasteiger partial charge < -0.3 is 18.5 Å². The molecule has 4 heteroatoms. The van der Waals surface area contributed by atoms with Gasteiger partial charge in [-0.3, -0.25) is 0 Å². The van der Waals surface area contributed by atoms with Crippen LogP contribution in [0.4, 0.5) is 17.1 Å². The Morgan fingerprint density at radius 2 is 0.629 bits per heavy atom. The van der Waals surface area contributed by atoms with Gasteiger partial charge in [0.2, 0.25) is 0 Å². The minimum atomic E-state index is 0.888. The highest BCUT2D eigenvalue weighted by Gasteiger charge is 2.19. The van der Waals surface area contributed by atoms with Crippen molar-refractivity contribution in [1.29, 1.82) is 0 Å². The minimum absolute atomic E-state index is 0.888. The number of anilines is 3. The number of hydrogen-bond acceptors (Lipinski definition) is 2. The van der Waals surface area contributed by atoms with Crippen LogP contribution < -0.4 is 4.90 Å². The highest BCUT2D eigenvalue weighted by atomic mass is 16.3. The Labute approximate surface area is 404 Å². The molecule has 11 aromatic carbocycles. The number of para-hydroxylation sites is 5. The van der Waals surface area contributed by atoms with Gasteiger partial charge >= 0.3 is 0 Å². The molecule has 0 radical (unpaired) electrons. The van der Waals surface area contributed by atoms with Gasteiger partial charge in [0.25, 0.3) is 0 Å². The molecule has 0 spiro atoms. The summed E-state index contributed by atoms with van der Waals surface area (Å²) in [6.45, 7) is 0. The molecule has 14 rings (SSSR count). The van der Waals surface area contributed by atoms with Crippen LogP contribution in [-0.2, 0) is 0 Å². The summed E-state index contributed by atoms with van der Waals surface area (Å²) in [6, 6.07) is 94.2. The predicted molar refractivity (Wildman–Crippen MR) is 293 cm³/mol. The van der Waals surface area contributed by atoms with E-state index in [2.05, 4.69) is 263 Å². The lowest BCUT2D eigenvalue weighted by molar-refractivity contribution is 0.669. The number of fused-ring (bicyclic) bond motifs is 9. The average Bonchev–Trinajstić information content (AvgIpc) is 4.09. The minimum Gasteiger partial charge on any atom is -0.456 e. The first-order chi connectivity index (χ1) is 34.7. The maximum Gasteiger partial charge on any atom is 0.135 e. The fourth-order valence-electron chi connectivity index (χ4n) is 10.8. The van der Waals surface area contributed by atoms with Gasteiger partial charge in [0.1, 0.15) is 11.2 Å². The van der Waals surface area contributed by atoms with Gasteiger partial charge in [0, 0.05) is 60.8 Å². The van der Waals surface area contributed by atoms with Crippen molar-refractivity contribution in [3.8, 4) is 44.8 Å². The van der Waals surface area contributed by atoms with Crippen molar-refractivity contribution in [1.82, 2.24) is 9.13 Å².